The Morgan fingerprint density at radius 2 is 2.00 bits per heavy atom. The number of rotatable bonds is 0. The molecule has 80 valence electrons. The summed E-state index contributed by atoms with van der Waals surface area (Å²) in [5.41, 5.74) is -0.129. The second kappa shape index (κ2) is 3.08. The molecule has 2 heteroatoms. The number of allylic oxidation sites excluding steroid dienone is 3. The van der Waals surface area contributed by atoms with Gasteiger partial charge in [-0.15, -0.1) is 0 Å². The molecule has 1 unspecified atom stereocenters. The monoisotopic (exact) mass is 214 g/mol. The molecule has 0 saturated heterocycles. The molecule has 1 heterocycles. The summed E-state index contributed by atoms with van der Waals surface area (Å²) >= 11 is 0. The first kappa shape index (κ1) is 9.40. The highest BCUT2D eigenvalue weighted by molar-refractivity contribution is 5.86. The van der Waals surface area contributed by atoms with Gasteiger partial charge in [0.15, 0.2) is 5.67 Å². The Hall–Kier alpha value is -1.83. The zero-order valence-corrected chi connectivity index (χ0v) is 8.91. The van der Waals surface area contributed by atoms with Crippen LogP contribution < -0.4 is 0 Å². The van der Waals surface area contributed by atoms with Crippen molar-refractivity contribution in [1.82, 2.24) is 0 Å². The summed E-state index contributed by atoms with van der Waals surface area (Å²) in [6, 6.07) is 7.53. The predicted octanol–water partition coefficient (Wildman–Crippen LogP) is 4.20. The predicted molar refractivity (Wildman–Crippen MR) is 62.8 cm³/mol. The number of alkyl halides is 1. The van der Waals surface area contributed by atoms with Gasteiger partial charge in [-0.2, -0.15) is 0 Å². The van der Waals surface area contributed by atoms with Crippen LogP contribution in [0.15, 0.2) is 46.9 Å². The molecule has 0 N–H and O–H groups in total. The molecule has 1 aliphatic rings. The molecular weight excluding hydrogens is 203 g/mol. The molecule has 0 saturated carbocycles. The SMILES string of the molecule is CC1(F)C=CC=Cc2oc3ccccc3c21. The van der Waals surface area contributed by atoms with Gasteiger partial charge >= 0.3 is 0 Å². The molecule has 1 aromatic carbocycles. The van der Waals surface area contributed by atoms with Gasteiger partial charge in [0, 0.05) is 10.9 Å². The first-order valence-electron chi connectivity index (χ1n) is 5.25. The molecule has 1 aliphatic carbocycles. The summed E-state index contributed by atoms with van der Waals surface area (Å²) in [5.74, 6) is 0.608. The quantitative estimate of drug-likeness (QED) is 0.640. The summed E-state index contributed by atoms with van der Waals surface area (Å²) in [6.45, 7) is 1.55. The molecule has 1 atom stereocenters. The smallest absolute Gasteiger partial charge is 0.156 e. The molecule has 16 heavy (non-hydrogen) atoms. The maximum Gasteiger partial charge on any atom is 0.156 e. The number of para-hydroxylation sites is 1. The van der Waals surface area contributed by atoms with E-state index in [-0.39, 0.29) is 0 Å². The van der Waals surface area contributed by atoms with Crippen molar-refractivity contribution in [2.45, 2.75) is 12.6 Å². The largest absolute Gasteiger partial charge is 0.456 e. The second-order valence-corrected chi connectivity index (χ2v) is 4.13. The summed E-state index contributed by atoms with van der Waals surface area (Å²) in [6.07, 6.45) is 6.87. The minimum Gasteiger partial charge on any atom is -0.456 e. The highest BCUT2D eigenvalue weighted by Gasteiger charge is 2.31. The fraction of sp³-hybridized carbons (Fsp3) is 0.143. The van der Waals surface area contributed by atoms with Crippen LogP contribution in [-0.4, -0.2) is 0 Å². The number of benzene rings is 1. The molecule has 0 spiro atoms. The first-order chi connectivity index (χ1) is 7.68. The van der Waals surface area contributed by atoms with E-state index in [0.717, 1.165) is 11.0 Å². The second-order valence-electron chi connectivity index (χ2n) is 4.13. The summed E-state index contributed by atoms with van der Waals surface area (Å²) in [5, 5.41) is 0.846. The van der Waals surface area contributed by atoms with Gasteiger partial charge in [-0.1, -0.05) is 30.4 Å². The van der Waals surface area contributed by atoms with E-state index < -0.39 is 5.67 Å². The summed E-state index contributed by atoms with van der Waals surface area (Å²) in [7, 11) is 0. The van der Waals surface area contributed by atoms with E-state index in [1.54, 1.807) is 31.2 Å². The molecule has 3 rings (SSSR count). The van der Waals surface area contributed by atoms with Crippen molar-refractivity contribution in [3.63, 3.8) is 0 Å². The van der Waals surface area contributed by atoms with Crippen molar-refractivity contribution in [2.24, 2.45) is 0 Å². The highest BCUT2D eigenvalue weighted by Crippen LogP contribution is 2.39. The van der Waals surface area contributed by atoms with Gasteiger partial charge in [0.1, 0.15) is 11.3 Å². The maximum absolute atomic E-state index is 14.5. The standard InChI is InChI=1S/C14H11FO/c1-14(15)9-5-4-8-12-13(14)10-6-2-3-7-11(10)16-12/h2-9H,1H3. The van der Waals surface area contributed by atoms with Crippen LogP contribution in [0.25, 0.3) is 17.0 Å². The van der Waals surface area contributed by atoms with Crippen molar-refractivity contribution < 1.29 is 8.81 Å². The van der Waals surface area contributed by atoms with Crippen molar-refractivity contribution in [1.29, 1.82) is 0 Å². The number of hydrogen-bond acceptors (Lipinski definition) is 1. The topological polar surface area (TPSA) is 13.1 Å². The van der Waals surface area contributed by atoms with Gasteiger partial charge in [0.25, 0.3) is 0 Å². The zero-order chi connectivity index (χ0) is 11.2. The lowest BCUT2D eigenvalue weighted by Gasteiger charge is -2.14. The van der Waals surface area contributed by atoms with Crippen molar-refractivity contribution >= 4 is 17.0 Å². The molecule has 0 fully saturated rings. The molecule has 0 amide bonds. The summed E-state index contributed by atoms with van der Waals surface area (Å²) < 4.78 is 20.1. The summed E-state index contributed by atoms with van der Waals surface area (Å²) in [4.78, 5) is 0. The fourth-order valence-electron chi connectivity index (χ4n) is 2.15. The average Bonchev–Trinajstić information content (AvgIpc) is 2.56. The van der Waals surface area contributed by atoms with Crippen LogP contribution in [-0.2, 0) is 5.67 Å². The van der Waals surface area contributed by atoms with Crippen LogP contribution in [0.1, 0.15) is 18.2 Å². The van der Waals surface area contributed by atoms with Gasteiger partial charge in [0.2, 0.25) is 0 Å². The fourth-order valence-corrected chi connectivity index (χ4v) is 2.15. The number of halogens is 1. The van der Waals surface area contributed by atoms with Crippen LogP contribution in [0.5, 0.6) is 0 Å². The maximum atomic E-state index is 14.5. The van der Waals surface area contributed by atoms with Gasteiger partial charge < -0.3 is 4.42 Å². The third-order valence-corrected chi connectivity index (χ3v) is 2.88. The number of hydrogen-bond donors (Lipinski definition) is 0. The van der Waals surface area contributed by atoms with Crippen LogP contribution >= 0.6 is 0 Å². The first-order valence-corrected chi connectivity index (χ1v) is 5.25. The third kappa shape index (κ3) is 1.23. The molecule has 1 aromatic heterocycles. The molecule has 0 aliphatic heterocycles. The van der Waals surface area contributed by atoms with Crippen molar-refractivity contribution in [3.05, 3.63) is 53.8 Å². The lowest BCUT2D eigenvalue weighted by molar-refractivity contribution is 0.263. The van der Waals surface area contributed by atoms with Crippen molar-refractivity contribution in [3.8, 4) is 0 Å². The lowest BCUT2D eigenvalue weighted by atomic mass is 9.95. The minimum atomic E-state index is -1.48. The Balaban J connectivity index is 2.43. The molecule has 1 nitrogen and oxygen atoms in total. The molecule has 0 radical (unpaired) electrons. The Bertz CT molecular complexity index is 602. The molecule has 0 bridgehead atoms. The van der Waals surface area contributed by atoms with E-state index in [9.17, 15) is 4.39 Å². The van der Waals surface area contributed by atoms with Crippen LogP contribution in [0.3, 0.4) is 0 Å². The van der Waals surface area contributed by atoms with Gasteiger partial charge in [0.05, 0.1) is 0 Å². The van der Waals surface area contributed by atoms with Crippen molar-refractivity contribution in [2.75, 3.05) is 0 Å². The lowest BCUT2D eigenvalue weighted by Crippen LogP contribution is -2.11. The molecular formula is C14H11FO. The van der Waals surface area contributed by atoms with E-state index in [1.165, 1.54) is 0 Å². The van der Waals surface area contributed by atoms with E-state index in [1.807, 2.05) is 24.3 Å². The molecule has 2 aromatic rings. The Morgan fingerprint density at radius 1 is 1.19 bits per heavy atom. The van der Waals surface area contributed by atoms with Crippen LogP contribution in [0.2, 0.25) is 0 Å². The minimum absolute atomic E-state index is 0.608. The van der Waals surface area contributed by atoms with Crippen LogP contribution in [0.4, 0.5) is 4.39 Å². The van der Waals surface area contributed by atoms with Gasteiger partial charge in [-0.25, -0.2) is 4.39 Å². The van der Waals surface area contributed by atoms with E-state index >= 15 is 0 Å². The number of furan rings is 1. The zero-order valence-electron chi connectivity index (χ0n) is 8.91. The Kier molecular flexibility index (Phi) is 1.81. The average molecular weight is 214 g/mol. The highest BCUT2D eigenvalue weighted by atomic mass is 19.1. The Labute approximate surface area is 92.9 Å². The number of fused-ring (bicyclic) bond motifs is 3. The van der Waals surface area contributed by atoms with E-state index in [0.29, 0.717) is 11.3 Å². The van der Waals surface area contributed by atoms with Gasteiger partial charge in [-0.3, -0.25) is 0 Å². The normalized spacial score (nSPS) is 23.4. The van der Waals surface area contributed by atoms with Gasteiger partial charge in [-0.05, 0) is 25.1 Å². The van der Waals surface area contributed by atoms with Crippen LogP contribution in [0, 0.1) is 0 Å². The van der Waals surface area contributed by atoms with E-state index in [2.05, 4.69) is 0 Å². The Morgan fingerprint density at radius 3 is 2.88 bits per heavy atom. The third-order valence-electron chi connectivity index (χ3n) is 2.88. The van der Waals surface area contributed by atoms with E-state index in [4.69, 9.17) is 4.42 Å².